The van der Waals surface area contributed by atoms with Crippen molar-refractivity contribution < 1.29 is 22.5 Å². The molecule has 0 aromatic carbocycles. The summed E-state index contributed by atoms with van der Waals surface area (Å²) in [6.07, 6.45) is 3.84. The van der Waals surface area contributed by atoms with E-state index in [0.29, 0.717) is 0 Å². The number of Topliss-reactive ketones (excluding diaryl/α,β-unsaturated/α-hetero) is 1. The standard InChI is InChI=1S/C12H15N7O4S/c1-24(21,22)17-5-6-18(19-8-11(13)23-16-19)10(7-17)12(20)9-3-2-4-14-15-9/h2-4,8,10,13H,5-7H2,1H3. The van der Waals surface area contributed by atoms with Crippen LogP contribution in [0.5, 0.6) is 0 Å². The third-order valence-corrected chi connectivity index (χ3v) is 4.90. The number of sulfonamides is 1. The normalized spacial score (nSPS) is 19.4. The summed E-state index contributed by atoms with van der Waals surface area (Å²) < 4.78 is 29.6. The lowest BCUT2D eigenvalue weighted by atomic mass is 10.1. The molecule has 0 bridgehead atoms. The largest absolute Gasteiger partial charge is 0.380 e. The van der Waals surface area contributed by atoms with Crippen LogP contribution in [0, 0.1) is 5.41 Å². The van der Waals surface area contributed by atoms with Gasteiger partial charge >= 0.3 is 0 Å². The number of rotatable bonds is 4. The fraction of sp³-hybridized carbons (Fsp3) is 0.417. The third kappa shape index (κ3) is 3.19. The summed E-state index contributed by atoms with van der Waals surface area (Å²) in [4.78, 5) is 14.0. The molecule has 1 aliphatic rings. The Morgan fingerprint density at radius 3 is 2.88 bits per heavy atom. The fourth-order valence-corrected chi connectivity index (χ4v) is 3.30. The quantitative estimate of drug-likeness (QED) is 0.461. The predicted octanol–water partition coefficient (Wildman–Crippen LogP) is -2.74. The van der Waals surface area contributed by atoms with Crippen molar-refractivity contribution in [2.75, 3.05) is 30.9 Å². The van der Waals surface area contributed by atoms with E-state index in [4.69, 9.17) is 9.93 Å². The Labute approximate surface area is 137 Å². The fourth-order valence-electron chi connectivity index (χ4n) is 2.48. The van der Waals surface area contributed by atoms with E-state index in [2.05, 4.69) is 15.5 Å². The van der Waals surface area contributed by atoms with E-state index >= 15 is 0 Å². The molecule has 1 N–H and O–H groups in total. The van der Waals surface area contributed by atoms with Gasteiger partial charge in [-0.05, 0) is 17.4 Å². The maximum Gasteiger partial charge on any atom is 0.286 e. The van der Waals surface area contributed by atoms with Crippen molar-refractivity contribution in [3.05, 3.63) is 35.8 Å². The van der Waals surface area contributed by atoms with Crippen LogP contribution in [0.4, 0.5) is 0 Å². The highest BCUT2D eigenvalue weighted by atomic mass is 32.2. The van der Waals surface area contributed by atoms with Gasteiger partial charge in [0.25, 0.3) is 11.8 Å². The van der Waals surface area contributed by atoms with Crippen LogP contribution in [-0.2, 0) is 10.0 Å². The van der Waals surface area contributed by atoms with Gasteiger partial charge in [0.05, 0.1) is 12.3 Å². The molecule has 1 atom stereocenters. The van der Waals surface area contributed by atoms with Crippen LogP contribution in [-0.4, -0.2) is 60.6 Å². The number of hydrogen-bond donors (Lipinski definition) is 1. The SMILES string of the molecule is CS(=O)(=O)N1CCN([n+]2cc(=N)o[n-]2)C(C(=O)c2cccnn2)C1. The average Bonchev–Trinajstić information content (AvgIpc) is 3.00. The van der Waals surface area contributed by atoms with Gasteiger partial charge in [-0.1, -0.05) is 4.79 Å². The molecule has 1 saturated heterocycles. The molecular formula is C12H15N7O4S. The molecule has 1 unspecified atom stereocenters. The van der Waals surface area contributed by atoms with Crippen molar-refractivity contribution in [2.45, 2.75) is 6.04 Å². The summed E-state index contributed by atoms with van der Waals surface area (Å²) in [5, 5.41) is 20.1. The summed E-state index contributed by atoms with van der Waals surface area (Å²) in [5.41, 5.74) is -0.0516. The lowest BCUT2D eigenvalue weighted by Gasteiger charge is -2.39. The van der Waals surface area contributed by atoms with Gasteiger partial charge in [-0.15, -0.1) is 5.10 Å². The van der Waals surface area contributed by atoms with Gasteiger partial charge in [0.15, 0.2) is 5.78 Å². The van der Waals surface area contributed by atoms with Gasteiger partial charge in [0, 0.05) is 25.8 Å². The van der Waals surface area contributed by atoms with Crippen molar-refractivity contribution >= 4 is 15.8 Å². The van der Waals surface area contributed by atoms with Crippen LogP contribution in [0.15, 0.2) is 29.0 Å². The molecule has 12 heteroatoms. The average molecular weight is 353 g/mol. The summed E-state index contributed by atoms with van der Waals surface area (Å²) in [7, 11) is -3.45. The first-order valence-corrected chi connectivity index (χ1v) is 8.85. The Balaban J connectivity index is 1.96. The highest BCUT2D eigenvalue weighted by Crippen LogP contribution is 2.12. The third-order valence-electron chi connectivity index (χ3n) is 3.63. The smallest absolute Gasteiger partial charge is 0.286 e. The van der Waals surface area contributed by atoms with E-state index in [9.17, 15) is 13.2 Å². The summed E-state index contributed by atoms with van der Waals surface area (Å²) in [5.74, 6) is -0.390. The molecule has 0 saturated carbocycles. The van der Waals surface area contributed by atoms with Crippen molar-refractivity contribution in [3.8, 4) is 0 Å². The van der Waals surface area contributed by atoms with E-state index in [1.807, 2.05) is 0 Å². The Morgan fingerprint density at radius 1 is 1.50 bits per heavy atom. The Kier molecular flexibility index (Phi) is 4.15. The summed E-state index contributed by atoms with van der Waals surface area (Å²) in [6, 6.07) is 2.23. The molecule has 0 aliphatic carbocycles. The Hall–Kier alpha value is -2.60. The van der Waals surface area contributed by atoms with Crippen molar-refractivity contribution in [1.29, 1.82) is 5.41 Å². The molecule has 24 heavy (non-hydrogen) atoms. The zero-order valence-electron chi connectivity index (χ0n) is 12.7. The second kappa shape index (κ2) is 6.13. The molecule has 0 amide bonds. The molecule has 3 heterocycles. The van der Waals surface area contributed by atoms with Gasteiger partial charge in [-0.2, -0.15) is 5.10 Å². The first kappa shape index (κ1) is 16.3. The zero-order chi connectivity index (χ0) is 17.3. The number of nitrogens with one attached hydrogen (secondary N) is 1. The van der Waals surface area contributed by atoms with Gasteiger partial charge in [0.2, 0.25) is 10.0 Å². The Bertz CT molecular complexity index is 891. The van der Waals surface area contributed by atoms with E-state index in [1.165, 1.54) is 27.6 Å². The minimum absolute atomic E-state index is 0.0541. The summed E-state index contributed by atoms with van der Waals surface area (Å²) in [6.45, 7) is 0.345. The zero-order valence-corrected chi connectivity index (χ0v) is 13.5. The molecule has 1 fully saturated rings. The molecule has 3 rings (SSSR count). The number of piperazine rings is 1. The van der Waals surface area contributed by atoms with Crippen LogP contribution in [0.1, 0.15) is 10.5 Å². The Morgan fingerprint density at radius 2 is 2.29 bits per heavy atom. The van der Waals surface area contributed by atoms with Crippen molar-refractivity contribution in [3.63, 3.8) is 0 Å². The van der Waals surface area contributed by atoms with Gasteiger partial charge in [-0.25, -0.2) is 12.7 Å². The monoisotopic (exact) mass is 353 g/mol. The minimum Gasteiger partial charge on any atom is -0.380 e. The van der Waals surface area contributed by atoms with Crippen LogP contribution >= 0.6 is 0 Å². The van der Waals surface area contributed by atoms with Gasteiger partial charge < -0.3 is 4.52 Å². The lowest BCUT2D eigenvalue weighted by Crippen LogP contribution is -2.73. The highest BCUT2D eigenvalue weighted by molar-refractivity contribution is 7.88. The minimum atomic E-state index is -3.45. The number of carbonyl (C=O) groups is 1. The van der Waals surface area contributed by atoms with E-state index in [1.54, 1.807) is 11.1 Å². The summed E-state index contributed by atoms with van der Waals surface area (Å²) >= 11 is 0. The number of aromatic nitrogens is 4. The first-order chi connectivity index (χ1) is 11.4. The van der Waals surface area contributed by atoms with Gasteiger partial charge in [-0.3, -0.25) is 15.2 Å². The molecule has 0 spiro atoms. The lowest BCUT2D eigenvalue weighted by molar-refractivity contribution is -0.766. The van der Waals surface area contributed by atoms with E-state index in [0.717, 1.165) is 6.26 Å². The molecule has 2 aromatic rings. The molecule has 2 aromatic heterocycles. The van der Waals surface area contributed by atoms with Crippen LogP contribution in [0.25, 0.3) is 0 Å². The van der Waals surface area contributed by atoms with Crippen LogP contribution < -0.4 is 20.6 Å². The van der Waals surface area contributed by atoms with Crippen molar-refractivity contribution in [2.24, 2.45) is 0 Å². The number of nitrogens with zero attached hydrogens (tertiary/aromatic N) is 6. The maximum absolute atomic E-state index is 12.8. The molecule has 128 valence electrons. The maximum atomic E-state index is 12.8. The first-order valence-electron chi connectivity index (χ1n) is 7.00. The van der Waals surface area contributed by atoms with Crippen LogP contribution in [0.2, 0.25) is 0 Å². The van der Waals surface area contributed by atoms with Crippen molar-refractivity contribution in [1.82, 2.24) is 19.8 Å². The predicted molar refractivity (Wildman–Crippen MR) is 77.7 cm³/mol. The molecule has 1 aliphatic heterocycles. The molecule has 11 nitrogen and oxygen atoms in total. The van der Waals surface area contributed by atoms with Crippen LogP contribution in [0.3, 0.4) is 0 Å². The number of hydrogen-bond acceptors (Lipinski definition) is 8. The van der Waals surface area contributed by atoms with E-state index < -0.39 is 21.8 Å². The molecular weight excluding hydrogens is 338 g/mol. The second-order valence-corrected chi connectivity index (χ2v) is 7.24. The second-order valence-electron chi connectivity index (χ2n) is 5.26. The van der Waals surface area contributed by atoms with E-state index in [-0.39, 0.29) is 30.9 Å². The van der Waals surface area contributed by atoms with Gasteiger partial charge in [0.1, 0.15) is 5.69 Å². The topological polar surface area (TPSA) is 138 Å². The number of carbonyl (C=O) groups excluding carboxylic acids is 1. The highest BCUT2D eigenvalue weighted by Gasteiger charge is 2.37. The molecule has 0 radical (unpaired) electrons. The number of ketones is 1.